The van der Waals surface area contributed by atoms with Crippen molar-refractivity contribution in [3.05, 3.63) is 29.5 Å². The minimum Gasteiger partial charge on any atom is -0.497 e. The molecule has 0 fully saturated rings. The lowest BCUT2D eigenvalue weighted by Crippen LogP contribution is -2.35. The topological polar surface area (TPSA) is 82.6 Å². The summed E-state index contributed by atoms with van der Waals surface area (Å²) >= 11 is 0. The number of hydrogen-bond acceptors (Lipinski definition) is 3. The standard InChI is InChI=1S/C17H20N2O4/c1-23-11-5-6-14-12(9-11)13-10-19(8-7-15(13)18-14)16(20)3-2-4-17(21)22/h5-6,9,18H,2-4,7-8,10H2,1H3,(H,21,22). The molecule has 0 radical (unpaired) electrons. The molecule has 1 aromatic carbocycles. The summed E-state index contributed by atoms with van der Waals surface area (Å²) in [5, 5.41) is 9.75. The van der Waals surface area contributed by atoms with E-state index in [0.29, 0.717) is 19.5 Å². The minimum absolute atomic E-state index is 0.0224. The number of hydrogen-bond donors (Lipinski definition) is 2. The fraction of sp³-hybridized carbons (Fsp3) is 0.412. The molecule has 1 amide bonds. The van der Waals surface area contributed by atoms with Crippen LogP contribution < -0.4 is 4.74 Å². The third-order valence-corrected chi connectivity index (χ3v) is 4.32. The molecule has 0 saturated heterocycles. The molecule has 0 unspecified atom stereocenters. The highest BCUT2D eigenvalue weighted by atomic mass is 16.5. The van der Waals surface area contributed by atoms with Crippen molar-refractivity contribution in [2.75, 3.05) is 13.7 Å². The van der Waals surface area contributed by atoms with E-state index in [1.807, 2.05) is 23.1 Å². The number of carboxylic acids is 1. The van der Waals surface area contributed by atoms with Crippen LogP contribution in [0.25, 0.3) is 10.9 Å². The lowest BCUT2D eigenvalue weighted by molar-refractivity contribution is -0.137. The number of fused-ring (bicyclic) bond motifs is 3. The summed E-state index contributed by atoms with van der Waals surface area (Å²) < 4.78 is 5.28. The number of amides is 1. The van der Waals surface area contributed by atoms with Crippen molar-refractivity contribution in [1.29, 1.82) is 0 Å². The van der Waals surface area contributed by atoms with Crippen molar-refractivity contribution in [3.63, 3.8) is 0 Å². The predicted octanol–water partition coefficient (Wildman–Crippen LogP) is 2.32. The summed E-state index contributed by atoms with van der Waals surface area (Å²) in [5.74, 6) is -0.0409. The van der Waals surface area contributed by atoms with Crippen LogP contribution in [0.1, 0.15) is 30.5 Å². The zero-order valence-electron chi connectivity index (χ0n) is 13.1. The molecule has 6 nitrogen and oxygen atoms in total. The molecule has 23 heavy (non-hydrogen) atoms. The van der Waals surface area contributed by atoms with E-state index in [1.54, 1.807) is 7.11 Å². The summed E-state index contributed by atoms with van der Waals surface area (Å²) in [7, 11) is 1.64. The Morgan fingerprint density at radius 2 is 2.17 bits per heavy atom. The molecule has 0 atom stereocenters. The van der Waals surface area contributed by atoms with Crippen LogP contribution in [-0.2, 0) is 22.6 Å². The average molecular weight is 316 g/mol. The minimum atomic E-state index is -0.859. The number of aromatic amines is 1. The maximum Gasteiger partial charge on any atom is 0.303 e. The zero-order valence-corrected chi connectivity index (χ0v) is 13.1. The molecule has 1 aliphatic heterocycles. The van der Waals surface area contributed by atoms with Crippen LogP contribution >= 0.6 is 0 Å². The number of H-pyrrole nitrogens is 1. The first-order valence-electron chi connectivity index (χ1n) is 7.75. The molecule has 3 rings (SSSR count). The van der Waals surface area contributed by atoms with Gasteiger partial charge in [-0.05, 0) is 24.6 Å². The van der Waals surface area contributed by atoms with Crippen LogP contribution in [0.15, 0.2) is 18.2 Å². The number of ether oxygens (including phenoxy) is 1. The average Bonchev–Trinajstić information content (AvgIpc) is 2.91. The fourth-order valence-corrected chi connectivity index (χ4v) is 3.08. The maximum atomic E-state index is 12.3. The highest BCUT2D eigenvalue weighted by molar-refractivity contribution is 5.87. The van der Waals surface area contributed by atoms with Gasteiger partial charge in [-0.1, -0.05) is 0 Å². The molecule has 2 N–H and O–H groups in total. The summed E-state index contributed by atoms with van der Waals surface area (Å²) in [6, 6.07) is 5.90. The Kier molecular flexibility index (Phi) is 4.23. The van der Waals surface area contributed by atoms with E-state index in [1.165, 1.54) is 5.69 Å². The fourth-order valence-electron chi connectivity index (χ4n) is 3.08. The van der Waals surface area contributed by atoms with Crippen molar-refractivity contribution in [2.24, 2.45) is 0 Å². The van der Waals surface area contributed by atoms with Crippen LogP contribution in [0.3, 0.4) is 0 Å². The number of benzene rings is 1. The Morgan fingerprint density at radius 1 is 1.35 bits per heavy atom. The zero-order chi connectivity index (χ0) is 16.4. The highest BCUT2D eigenvalue weighted by Gasteiger charge is 2.24. The Labute approximate surface area is 134 Å². The lowest BCUT2D eigenvalue weighted by atomic mass is 10.0. The van der Waals surface area contributed by atoms with Crippen molar-refractivity contribution in [1.82, 2.24) is 9.88 Å². The number of carbonyl (C=O) groups excluding carboxylic acids is 1. The first-order chi connectivity index (χ1) is 11.1. The quantitative estimate of drug-likeness (QED) is 0.887. The van der Waals surface area contributed by atoms with Gasteiger partial charge in [0.25, 0.3) is 0 Å². The smallest absolute Gasteiger partial charge is 0.303 e. The molecule has 1 aliphatic rings. The van der Waals surface area contributed by atoms with E-state index >= 15 is 0 Å². The molecule has 1 aromatic heterocycles. The molecule has 2 aromatic rings. The second kappa shape index (κ2) is 6.32. The number of aliphatic carboxylic acids is 1. The Hall–Kier alpha value is -2.50. The number of carboxylic acid groups (broad SMARTS) is 1. The third-order valence-electron chi connectivity index (χ3n) is 4.32. The number of carbonyl (C=O) groups is 2. The molecular weight excluding hydrogens is 296 g/mol. The normalized spacial score (nSPS) is 13.9. The summed E-state index contributed by atoms with van der Waals surface area (Å²) in [5.41, 5.74) is 3.36. The molecule has 2 heterocycles. The van der Waals surface area contributed by atoms with E-state index in [9.17, 15) is 9.59 Å². The molecular formula is C17H20N2O4. The van der Waals surface area contributed by atoms with Gasteiger partial charge in [0, 0.05) is 54.5 Å². The summed E-state index contributed by atoms with van der Waals surface area (Å²) in [6.45, 7) is 1.23. The Bertz CT molecular complexity index is 750. The Morgan fingerprint density at radius 3 is 2.91 bits per heavy atom. The first-order valence-corrected chi connectivity index (χ1v) is 7.75. The van der Waals surface area contributed by atoms with Crippen LogP contribution in [0, 0.1) is 0 Å². The second-order valence-corrected chi connectivity index (χ2v) is 5.81. The van der Waals surface area contributed by atoms with E-state index in [4.69, 9.17) is 9.84 Å². The maximum absolute atomic E-state index is 12.3. The largest absolute Gasteiger partial charge is 0.497 e. The van der Waals surface area contributed by atoms with Gasteiger partial charge in [0.2, 0.25) is 5.91 Å². The summed E-state index contributed by atoms with van der Waals surface area (Å²) in [4.78, 5) is 28.1. The van der Waals surface area contributed by atoms with Crippen molar-refractivity contribution in [3.8, 4) is 5.75 Å². The number of aromatic nitrogens is 1. The predicted molar refractivity (Wildman–Crippen MR) is 85.5 cm³/mol. The molecule has 0 saturated carbocycles. The van der Waals surface area contributed by atoms with Crippen LogP contribution in [0.5, 0.6) is 5.75 Å². The molecule has 0 bridgehead atoms. The Balaban J connectivity index is 1.76. The lowest BCUT2D eigenvalue weighted by Gasteiger charge is -2.27. The highest BCUT2D eigenvalue weighted by Crippen LogP contribution is 2.30. The van der Waals surface area contributed by atoms with Gasteiger partial charge in [0.15, 0.2) is 0 Å². The van der Waals surface area contributed by atoms with Gasteiger partial charge in [0.05, 0.1) is 7.11 Å². The van der Waals surface area contributed by atoms with Gasteiger partial charge < -0.3 is 19.7 Å². The van der Waals surface area contributed by atoms with Gasteiger partial charge in [-0.3, -0.25) is 9.59 Å². The van der Waals surface area contributed by atoms with Crippen LogP contribution in [-0.4, -0.2) is 40.5 Å². The molecule has 122 valence electrons. The number of nitrogens with zero attached hydrogens (tertiary/aromatic N) is 1. The number of rotatable bonds is 5. The van der Waals surface area contributed by atoms with Gasteiger partial charge in [-0.2, -0.15) is 0 Å². The number of nitrogens with one attached hydrogen (secondary N) is 1. The van der Waals surface area contributed by atoms with Gasteiger partial charge >= 0.3 is 5.97 Å². The molecule has 6 heteroatoms. The van der Waals surface area contributed by atoms with E-state index in [0.717, 1.165) is 28.6 Å². The van der Waals surface area contributed by atoms with Crippen molar-refractivity contribution < 1.29 is 19.4 Å². The van der Waals surface area contributed by atoms with Crippen molar-refractivity contribution >= 4 is 22.8 Å². The van der Waals surface area contributed by atoms with Gasteiger partial charge in [-0.15, -0.1) is 0 Å². The van der Waals surface area contributed by atoms with Crippen molar-refractivity contribution in [2.45, 2.75) is 32.2 Å². The number of methoxy groups -OCH3 is 1. The van der Waals surface area contributed by atoms with E-state index in [2.05, 4.69) is 4.98 Å². The van der Waals surface area contributed by atoms with Crippen LogP contribution in [0.2, 0.25) is 0 Å². The van der Waals surface area contributed by atoms with Crippen LogP contribution in [0.4, 0.5) is 0 Å². The molecule has 0 spiro atoms. The van der Waals surface area contributed by atoms with E-state index in [-0.39, 0.29) is 18.7 Å². The first kappa shape index (κ1) is 15.4. The monoisotopic (exact) mass is 316 g/mol. The SMILES string of the molecule is COc1ccc2[nH]c3c(c2c1)CN(C(=O)CCCC(=O)O)CC3. The molecule has 0 aliphatic carbocycles. The van der Waals surface area contributed by atoms with E-state index < -0.39 is 5.97 Å². The third kappa shape index (κ3) is 3.16. The second-order valence-electron chi connectivity index (χ2n) is 5.81. The van der Waals surface area contributed by atoms with Gasteiger partial charge in [0.1, 0.15) is 5.75 Å². The van der Waals surface area contributed by atoms with Gasteiger partial charge in [-0.25, -0.2) is 0 Å². The summed E-state index contributed by atoms with van der Waals surface area (Å²) in [6.07, 6.45) is 1.50.